The van der Waals surface area contributed by atoms with Crippen molar-refractivity contribution in [2.75, 3.05) is 0 Å². The van der Waals surface area contributed by atoms with E-state index >= 15 is 0 Å². The molecule has 0 aromatic heterocycles. The van der Waals surface area contributed by atoms with Crippen molar-refractivity contribution in [3.63, 3.8) is 0 Å². The molecule has 0 aromatic carbocycles. The summed E-state index contributed by atoms with van der Waals surface area (Å²) >= 11 is 3.47. The van der Waals surface area contributed by atoms with Gasteiger partial charge in [0, 0.05) is 11.2 Å². The molecule has 3 nitrogen and oxygen atoms in total. The zero-order chi connectivity index (χ0) is 4.50. The van der Waals surface area contributed by atoms with Gasteiger partial charge in [-0.15, -0.1) is 0 Å². The molecule has 0 aliphatic carbocycles. The first kappa shape index (κ1) is 16.1. The Kier molecular flexibility index (Phi) is 14.8. The van der Waals surface area contributed by atoms with Crippen LogP contribution in [0.15, 0.2) is 0 Å². The van der Waals surface area contributed by atoms with Gasteiger partial charge in [-0.3, -0.25) is 9.11 Å². The van der Waals surface area contributed by atoms with Gasteiger partial charge in [0.15, 0.2) is 0 Å². The van der Waals surface area contributed by atoms with Crippen LogP contribution in [0.3, 0.4) is 0 Å². The molecule has 7 heteroatoms. The van der Waals surface area contributed by atoms with E-state index in [1.54, 1.807) is 0 Å². The van der Waals surface area contributed by atoms with E-state index < -0.39 is 9.05 Å². The Labute approximate surface area is 91.2 Å². The van der Waals surface area contributed by atoms with Crippen LogP contribution in [0.5, 0.6) is 0 Å². The predicted octanol–water partition coefficient (Wildman–Crippen LogP) is -1.62. The van der Waals surface area contributed by atoms with Crippen LogP contribution in [-0.4, -0.2) is 72.4 Å². The van der Waals surface area contributed by atoms with Crippen LogP contribution in [0, 0.1) is 0 Å². The fourth-order valence-electron chi connectivity index (χ4n) is 0. The molecule has 0 aliphatic heterocycles. The molecule has 0 fully saturated rings. The second-order valence-corrected chi connectivity index (χ2v) is 2.65. The third-order valence-corrected chi connectivity index (χ3v) is 0. The molecule has 0 bridgehead atoms. The maximum absolute atomic E-state index is 9.11. The summed E-state index contributed by atoms with van der Waals surface area (Å²) in [5.74, 6) is 0. The Balaban J connectivity index is -0.0000000800. The van der Waals surface area contributed by atoms with E-state index in [9.17, 15) is 0 Å². The molecular formula is H4Na2O3S2. The molecule has 0 spiro atoms. The summed E-state index contributed by atoms with van der Waals surface area (Å²) in [6, 6.07) is 0. The Morgan fingerprint density at radius 3 is 1.29 bits per heavy atom. The minimum absolute atomic E-state index is 0. The quantitative estimate of drug-likeness (QED) is 0.420. The fraction of sp³-hybridized carbons (Fsp3) is 0. The van der Waals surface area contributed by atoms with Gasteiger partial charge in [0.05, 0.1) is 0 Å². The molecular weight excluding hydrogens is 158 g/mol. The summed E-state index contributed by atoms with van der Waals surface area (Å²) in [5.41, 5.74) is 0. The number of hydrogen-bond donors (Lipinski definition) is 2. The monoisotopic (exact) mass is 162 g/mol. The molecule has 2 N–H and O–H groups in total. The standard InChI is InChI=1S/2Na.H2O3S2.2H/c;;1-5(2,3)4;;/h;;(H2,1,2,3,4);;. The van der Waals surface area contributed by atoms with Crippen LogP contribution in [0.25, 0.3) is 0 Å². The Hall–Kier alpha value is 2.29. The first-order chi connectivity index (χ1) is 2.00. The van der Waals surface area contributed by atoms with Crippen molar-refractivity contribution in [1.29, 1.82) is 0 Å². The van der Waals surface area contributed by atoms with Crippen molar-refractivity contribution in [2.45, 2.75) is 0 Å². The van der Waals surface area contributed by atoms with Gasteiger partial charge in [0.1, 0.15) is 0 Å². The summed E-state index contributed by atoms with van der Waals surface area (Å²) in [6.45, 7) is 0. The first-order valence-electron chi connectivity index (χ1n) is 0.698. The SMILES string of the molecule is O=S(O)(O)=S.[NaH].[NaH]. The van der Waals surface area contributed by atoms with Crippen LogP contribution in [0.2, 0.25) is 0 Å². The number of rotatable bonds is 0. The summed E-state index contributed by atoms with van der Waals surface area (Å²) < 4.78 is 24.0. The van der Waals surface area contributed by atoms with Crippen molar-refractivity contribution in [1.82, 2.24) is 0 Å². The molecule has 0 saturated carbocycles. The van der Waals surface area contributed by atoms with Gasteiger partial charge in [0.2, 0.25) is 0 Å². The zero-order valence-corrected chi connectivity index (χ0v) is 3.75. The van der Waals surface area contributed by atoms with Crippen molar-refractivity contribution < 1.29 is 13.3 Å². The van der Waals surface area contributed by atoms with E-state index in [0.29, 0.717) is 0 Å². The van der Waals surface area contributed by atoms with Crippen LogP contribution in [0.4, 0.5) is 0 Å². The fourth-order valence-corrected chi connectivity index (χ4v) is 0. The van der Waals surface area contributed by atoms with Crippen molar-refractivity contribution >= 4 is 79.4 Å². The molecule has 7 heavy (non-hydrogen) atoms. The zero-order valence-electron chi connectivity index (χ0n) is 2.12. The van der Waals surface area contributed by atoms with Crippen LogP contribution in [-0.2, 0) is 20.2 Å². The van der Waals surface area contributed by atoms with Gasteiger partial charge in [-0.1, -0.05) is 0 Å². The van der Waals surface area contributed by atoms with Crippen molar-refractivity contribution in [3.8, 4) is 0 Å². The van der Waals surface area contributed by atoms with E-state index in [1.165, 1.54) is 0 Å². The summed E-state index contributed by atoms with van der Waals surface area (Å²) in [4.78, 5) is 0. The molecule has 0 aromatic rings. The predicted molar refractivity (Wildman–Crippen MR) is 35.1 cm³/mol. The van der Waals surface area contributed by atoms with Gasteiger partial charge in [0.25, 0.3) is 9.05 Å². The minimum atomic E-state index is -3.83. The average molecular weight is 162 g/mol. The summed E-state index contributed by atoms with van der Waals surface area (Å²) in [5, 5.41) is 0. The molecule has 0 heterocycles. The van der Waals surface area contributed by atoms with E-state index in [2.05, 4.69) is 11.2 Å². The topological polar surface area (TPSA) is 57.5 Å². The molecule has 36 valence electrons. The van der Waals surface area contributed by atoms with Crippen LogP contribution < -0.4 is 0 Å². The van der Waals surface area contributed by atoms with E-state index in [4.69, 9.17) is 13.3 Å². The molecule has 0 unspecified atom stereocenters. The van der Waals surface area contributed by atoms with E-state index in [1.807, 2.05) is 0 Å². The Bertz CT molecular complexity index is 94.1. The third-order valence-electron chi connectivity index (χ3n) is 0. The number of hydrogen-bond acceptors (Lipinski definition) is 2. The van der Waals surface area contributed by atoms with Crippen LogP contribution in [0.1, 0.15) is 0 Å². The van der Waals surface area contributed by atoms with Gasteiger partial charge in [-0.05, 0) is 0 Å². The second-order valence-electron chi connectivity index (χ2n) is 0.448. The molecule has 0 amide bonds. The van der Waals surface area contributed by atoms with Gasteiger partial charge in [-0.2, -0.15) is 4.21 Å². The molecule has 0 rings (SSSR count). The van der Waals surface area contributed by atoms with Crippen LogP contribution >= 0.6 is 0 Å². The average Bonchev–Trinajstić information content (AvgIpc) is 0.722. The Morgan fingerprint density at radius 2 is 1.29 bits per heavy atom. The van der Waals surface area contributed by atoms with Gasteiger partial charge < -0.3 is 0 Å². The summed E-state index contributed by atoms with van der Waals surface area (Å²) in [7, 11) is -3.83. The van der Waals surface area contributed by atoms with Gasteiger partial charge in [-0.25, -0.2) is 0 Å². The Morgan fingerprint density at radius 1 is 1.29 bits per heavy atom. The van der Waals surface area contributed by atoms with E-state index in [-0.39, 0.29) is 59.1 Å². The molecule has 0 radical (unpaired) electrons. The molecule has 0 atom stereocenters. The first-order valence-corrected chi connectivity index (χ1v) is 3.10. The molecule has 0 aliphatic rings. The van der Waals surface area contributed by atoms with E-state index in [0.717, 1.165) is 0 Å². The summed E-state index contributed by atoms with van der Waals surface area (Å²) in [6.07, 6.45) is 0. The molecule has 0 saturated heterocycles. The third kappa shape index (κ3) is 62.5. The van der Waals surface area contributed by atoms with Crippen molar-refractivity contribution in [2.24, 2.45) is 0 Å². The normalized spacial score (nSPS) is 8.29. The second kappa shape index (κ2) is 6.41. The van der Waals surface area contributed by atoms with Crippen molar-refractivity contribution in [3.05, 3.63) is 0 Å². The maximum atomic E-state index is 9.11. The van der Waals surface area contributed by atoms with Gasteiger partial charge >= 0.3 is 59.1 Å².